The van der Waals surface area contributed by atoms with E-state index in [4.69, 9.17) is 9.47 Å². The van der Waals surface area contributed by atoms with Gasteiger partial charge in [0.25, 0.3) is 10.0 Å². The number of benzene rings is 3. The highest BCUT2D eigenvalue weighted by molar-refractivity contribution is 9.10. The molecule has 1 aliphatic carbocycles. The fourth-order valence-electron chi connectivity index (χ4n) is 5.93. The first kappa shape index (κ1) is 32.6. The number of carboxylic acid groups (broad SMARTS) is 1. The molecule has 240 valence electrons. The van der Waals surface area contributed by atoms with E-state index < -0.39 is 44.1 Å². The van der Waals surface area contributed by atoms with Crippen LogP contribution in [0.2, 0.25) is 0 Å². The third-order valence-corrected chi connectivity index (χ3v) is 10.6. The SMILES string of the molecule is COc1ccc(CN(C(C)=O)C2CC(CC3CN(S(=O)(=O)c4cccc(C(F)(F)F)c4)c4cc(Br)ccc4O3)(C(=O)O)C2)cc1. The Morgan fingerprint density at radius 3 is 2.40 bits per heavy atom. The number of carboxylic acids is 1. The number of nitrogens with zero attached hydrogens (tertiary/aromatic N) is 2. The number of fused-ring (bicyclic) bond motifs is 1. The van der Waals surface area contributed by atoms with Crippen LogP contribution in [-0.2, 0) is 32.3 Å². The largest absolute Gasteiger partial charge is 0.497 e. The molecule has 1 amide bonds. The summed E-state index contributed by atoms with van der Waals surface area (Å²) in [5.74, 6) is -0.524. The molecule has 0 aromatic heterocycles. The normalized spacial score (nSPS) is 21.2. The maximum Gasteiger partial charge on any atom is 0.416 e. The number of hydrogen-bond donors (Lipinski definition) is 1. The van der Waals surface area contributed by atoms with Crippen molar-refractivity contribution in [1.29, 1.82) is 0 Å². The van der Waals surface area contributed by atoms with Crippen molar-refractivity contribution in [3.05, 3.63) is 82.3 Å². The van der Waals surface area contributed by atoms with Gasteiger partial charge in [-0.1, -0.05) is 34.1 Å². The van der Waals surface area contributed by atoms with Crippen molar-refractivity contribution >= 4 is 43.5 Å². The molecule has 45 heavy (non-hydrogen) atoms. The van der Waals surface area contributed by atoms with Crippen LogP contribution in [0.1, 0.15) is 37.3 Å². The van der Waals surface area contributed by atoms with E-state index in [9.17, 15) is 36.3 Å². The first-order valence-electron chi connectivity index (χ1n) is 13.9. The van der Waals surface area contributed by atoms with Gasteiger partial charge in [0.2, 0.25) is 5.91 Å². The summed E-state index contributed by atoms with van der Waals surface area (Å²) < 4.78 is 80.7. The summed E-state index contributed by atoms with van der Waals surface area (Å²) in [4.78, 5) is 26.3. The maximum atomic E-state index is 13.8. The number of halogens is 4. The molecule has 0 radical (unpaired) electrons. The zero-order valence-electron chi connectivity index (χ0n) is 24.3. The molecule has 1 saturated carbocycles. The lowest BCUT2D eigenvalue weighted by molar-refractivity contribution is -0.166. The standard InChI is InChI=1S/C31H30BrF3N2O7S/c1-19(38)36(17-20-6-9-24(43-2)10-7-20)23-14-30(15-23,29(39)40)16-25-18-37(27-13-22(32)8-11-28(27)44-25)45(41,42)26-5-3-4-21(12-26)31(33,34)35/h3-13,23,25H,14-18H2,1-2H3,(H,39,40). The Bertz CT molecular complexity index is 1710. The Labute approximate surface area is 266 Å². The Balaban J connectivity index is 1.40. The summed E-state index contributed by atoms with van der Waals surface area (Å²) >= 11 is 3.30. The number of alkyl halides is 3. The molecule has 1 aliphatic heterocycles. The van der Waals surface area contributed by atoms with Gasteiger partial charge in [-0.05, 0) is 66.9 Å². The van der Waals surface area contributed by atoms with Gasteiger partial charge in [-0.15, -0.1) is 0 Å². The van der Waals surface area contributed by atoms with Gasteiger partial charge in [0.1, 0.15) is 17.6 Å². The van der Waals surface area contributed by atoms with Crippen LogP contribution >= 0.6 is 15.9 Å². The minimum atomic E-state index is -4.75. The average Bonchev–Trinajstić information content (AvgIpc) is 2.97. The zero-order valence-corrected chi connectivity index (χ0v) is 26.7. The second-order valence-electron chi connectivity index (χ2n) is 11.3. The van der Waals surface area contributed by atoms with E-state index >= 15 is 0 Å². The molecule has 0 saturated heterocycles. The number of ether oxygens (including phenoxy) is 2. The van der Waals surface area contributed by atoms with Crippen molar-refractivity contribution < 1.29 is 45.8 Å². The molecular weight excluding hydrogens is 681 g/mol. The first-order chi connectivity index (χ1) is 21.1. The van der Waals surface area contributed by atoms with Crippen molar-refractivity contribution in [2.45, 2.75) is 55.9 Å². The fraction of sp³-hybridized carbons (Fsp3) is 0.355. The first-order valence-corrected chi connectivity index (χ1v) is 16.2. The van der Waals surface area contributed by atoms with Crippen LogP contribution in [0.5, 0.6) is 11.5 Å². The zero-order chi connectivity index (χ0) is 32.7. The van der Waals surface area contributed by atoms with E-state index in [1.165, 1.54) is 19.1 Å². The van der Waals surface area contributed by atoms with Crippen molar-refractivity contribution in [2.75, 3.05) is 18.0 Å². The van der Waals surface area contributed by atoms with Crippen LogP contribution < -0.4 is 13.8 Å². The second kappa shape index (κ2) is 12.2. The predicted molar refractivity (Wildman–Crippen MR) is 161 cm³/mol. The Hall–Kier alpha value is -3.78. The van der Waals surface area contributed by atoms with Gasteiger partial charge in [0.15, 0.2) is 0 Å². The number of hydrogen-bond acceptors (Lipinski definition) is 6. The molecule has 5 rings (SSSR count). The lowest BCUT2D eigenvalue weighted by Crippen LogP contribution is -2.58. The lowest BCUT2D eigenvalue weighted by Gasteiger charge is -2.50. The number of carbonyl (C=O) groups is 2. The monoisotopic (exact) mass is 710 g/mol. The number of amides is 1. The number of rotatable bonds is 9. The molecule has 1 unspecified atom stereocenters. The number of carbonyl (C=O) groups excluding carboxylic acids is 1. The summed E-state index contributed by atoms with van der Waals surface area (Å²) in [5, 5.41) is 10.3. The lowest BCUT2D eigenvalue weighted by atomic mass is 9.62. The summed E-state index contributed by atoms with van der Waals surface area (Å²) in [6.07, 6.45) is -5.55. The Morgan fingerprint density at radius 2 is 1.80 bits per heavy atom. The number of sulfonamides is 1. The molecule has 1 fully saturated rings. The topological polar surface area (TPSA) is 113 Å². The van der Waals surface area contributed by atoms with Crippen LogP contribution in [0.15, 0.2) is 76.1 Å². The van der Waals surface area contributed by atoms with Gasteiger partial charge in [-0.25, -0.2) is 8.42 Å². The third-order valence-electron chi connectivity index (χ3n) is 8.28. The van der Waals surface area contributed by atoms with Crippen molar-refractivity contribution in [2.24, 2.45) is 5.41 Å². The van der Waals surface area contributed by atoms with Crippen molar-refractivity contribution in [3.63, 3.8) is 0 Å². The van der Waals surface area contributed by atoms with E-state index in [-0.39, 0.29) is 55.7 Å². The highest BCUT2D eigenvalue weighted by atomic mass is 79.9. The van der Waals surface area contributed by atoms with Gasteiger partial charge in [0, 0.05) is 30.4 Å². The van der Waals surface area contributed by atoms with Gasteiger partial charge in [0.05, 0.1) is 35.2 Å². The fourth-order valence-corrected chi connectivity index (χ4v) is 7.83. The summed E-state index contributed by atoms with van der Waals surface area (Å²) in [5.41, 5.74) is -1.48. The Morgan fingerprint density at radius 1 is 1.11 bits per heavy atom. The van der Waals surface area contributed by atoms with Gasteiger partial charge in [-0.3, -0.25) is 13.9 Å². The van der Waals surface area contributed by atoms with Crippen LogP contribution in [0, 0.1) is 5.41 Å². The second-order valence-corrected chi connectivity index (χ2v) is 14.0. The van der Waals surface area contributed by atoms with Crippen molar-refractivity contribution in [1.82, 2.24) is 4.90 Å². The number of anilines is 1. The molecule has 2 aliphatic rings. The summed E-state index contributed by atoms with van der Waals surface area (Å²) in [6.45, 7) is 1.36. The quantitative estimate of drug-likeness (QED) is 0.285. The van der Waals surface area contributed by atoms with Gasteiger partial charge >= 0.3 is 12.1 Å². The summed E-state index contributed by atoms with van der Waals surface area (Å²) in [6, 6.07) is 14.9. The molecule has 3 aromatic rings. The molecule has 0 bridgehead atoms. The number of aliphatic carboxylic acids is 1. The maximum absolute atomic E-state index is 13.8. The van der Waals surface area contributed by atoms with E-state index in [0.717, 1.165) is 28.1 Å². The minimum absolute atomic E-state index is 0.0861. The van der Waals surface area contributed by atoms with E-state index in [1.807, 2.05) is 12.1 Å². The van der Waals surface area contributed by atoms with Crippen LogP contribution in [-0.4, -0.2) is 56.1 Å². The van der Waals surface area contributed by atoms with E-state index in [2.05, 4.69) is 15.9 Å². The molecule has 9 nitrogen and oxygen atoms in total. The molecule has 0 spiro atoms. The molecule has 1 atom stereocenters. The van der Waals surface area contributed by atoms with E-state index in [1.54, 1.807) is 30.2 Å². The van der Waals surface area contributed by atoms with Gasteiger partial charge in [-0.2, -0.15) is 13.2 Å². The highest BCUT2D eigenvalue weighted by Gasteiger charge is 2.55. The average molecular weight is 712 g/mol. The van der Waals surface area contributed by atoms with E-state index in [0.29, 0.717) is 16.3 Å². The van der Waals surface area contributed by atoms with Gasteiger partial charge < -0.3 is 19.5 Å². The smallest absolute Gasteiger partial charge is 0.416 e. The molecule has 14 heteroatoms. The number of methoxy groups -OCH3 is 1. The van der Waals surface area contributed by atoms with Crippen LogP contribution in [0.4, 0.5) is 18.9 Å². The third kappa shape index (κ3) is 6.62. The predicted octanol–water partition coefficient (Wildman–Crippen LogP) is 6.11. The molecule has 1 N–H and O–H groups in total. The van der Waals surface area contributed by atoms with Crippen molar-refractivity contribution in [3.8, 4) is 11.5 Å². The molecular formula is C31H30BrF3N2O7S. The Kier molecular flexibility index (Phi) is 8.84. The summed E-state index contributed by atoms with van der Waals surface area (Å²) in [7, 11) is -2.98. The molecule has 1 heterocycles. The highest BCUT2D eigenvalue weighted by Crippen LogP contribution is 2.50. The van der Waals surface area contributed by atoms with Crippen LogP contribution in [0.25, 0.3) is 0 Å². The molecule has 3 aromatic carbocycles. The van der Waals surface area contributed by atoms with Crippen LogP contribution in [0.3, 0.4) is 0 Å². The minimum Gasteiger partial charge on any atom is -0.497 e.